The first kappa shape index (κ1) is 17.3. The molecule has 1 amide bonds. The Balaban J connectivity index is 2.57. The van der Waals surface area contributed by atoms with Crippen molar-refractivity contribution in [2.24, 2.45) is 0 Å². The highest BCUT2D eigenvalue weighted by molar-refractivity contribution is 5.92. The second-order valence-corrected chi connectivity index (χ2v) is 5.02. The number of amides is 1. The number of rotatable bonds is 9. The fraction of sp³-hybridized carbons (Fsp3) is 0.643. The maximum absolute atomic E-state index is 12.0. The summed E-state index contributed by atoms with van der Waals surface area (Å²) in [5.41, 5.74) is 0.382. The van der Waals surface area contributed by atoms with Crippen LogP contribution in [-0.2, 0) is 4.74 Å². The highest BCUT2D eigenvalue weighted by Gasteiger charge is 2.09. The third-order valence-electron chi connectivity index (χ3n) is 2.75. The van der Waals surface area contributed by atoms with E-state index < -0.39 is 0 Å². The molecule has 1 rings (SSSR count). The average Bonchev–Trinajstić information content (AvgIpc) is 2.42. The molecule has 0 bridgehead atoms. The van der Waals surface area contributed by atoms with Gasteiger partial charge in [-0.25, -0.2) is 9.97 Å². The van der Waals surface area contributed by atoms with Gasteiger partial charge in [-0.2, -0.15) is 0 Å². The van der Waals surface area contributed by atoms with Crippen LogP contribution >= 0.6 is 0 Å². The van der Waals surface area contributed by atoms with E-state index in [1.807, 2.05) is 14.1 Å². The largest absolute Gasteiger partial charge is 0.385 e. The van der Waals surface area contributed by atoms with Crippen molar-refractivity contribution in [3.63, 3.8) is 0 Å². The molecule has 7 nitrogen and oxygen atoms in total. The number of aromatic nitrogens is 2. The molecule has 1 aromatic rings. The van der Waals surface area contributed by atoms with Crippen LogP contribution in [0, 0.1) is 6.92 Å². The second-order valence-electron chi connectivity index (χ2n) is 5.02. The van der Waals surface area contributed by atoms with E-state index in [2.05, 4.69) is 25.5 Å². The van der Waals surface area contributed by atoms with Crippen molar-refractivity contribution in [1.29, 1.82) is 0 Å². The summed E-state index contributed by atoms with van der Waals surface area (Å²) in [5, 5.41) is 6.01. The first-order valence-corrected chi connectivity index (χ1v) is 7.04. The Labute approximate surface area is 126 Å². The summed E-state index contributed by atoms with van der Waals surface area (Å²) in [6.45, 7) is 4.62. The van der Waals surface area contributed by atoms with Crippen molar-refractivity contribution in [3.05, 3.63) is 17.6 Å². The Kier molecular flexibility index (Phi) is 7.63. The quantitative estimate of drug-likeness (QED) is 0.647. The minimum absolute atomic E-state index is 0.188. The molecule has 0 atom stereocenters. The number of likely N-dealkylation sites (N-methyl/N-ethyl adjacent to an activating group) is 1. The molecule has 7 heteroatoms. The van der Waals surface area contributed by atoms with Crippen LogP contribution in [0.4, 0.5) is 5.82 Å². The molecule has 0 fully saturated rings. The monoisotopic (exact) mass is 295 g/mol. The Morgan fingerprint density at radius 1 is 1.33 bits per heavy atom. The third kappa shape index (κ3) is 7.01. The van der Waals surface area contributed by atoms with Crippen LogP contribution in [-0.4, -0.2) is 68.2 Å². The zero-order chi connectivity index (χ0) is 15.7. The fourth-order valence-corrected chi connectivity index (χ4v) is 1.69. The molecule has 118 valence electrons. The molecule has 0 saturated heterocycles. The summed E-state index contributed by atoms with van der Waals surface area (Å²) < 4.78 is 4.94. The lowest BCUT2D eigenvalue weighted by Crippen LogP contribution is -2.27. The van der Waals surface area contributed by atoms with Gasteiger partial charge in [0.2, 0.25) is 0 Å². The number of carbonyl (C=O) groups excluding carboxylic acids is 1. The molecule has 0 aliphatic carbocycles. The van der Waals surface area contributed by atoms with Gasteiger partial charge >= 0.3 is 0 Å². The number of methoxy groups -OCH3 is 1. The number of nitrogens with one attached hydrogen (secondary N) is 2. The predicted octanol–water partition coefficient (Wildman–Crippen LogP) is 0.525. The summed E-state index contributed by atoms with van der Waals surface area (Å²) in [6.07, 6.45) is 0.778. The van der Waals surface area contributed by atoms with Crippen LogP contribution in [0.25, 0.3) is 0 Å². The standard InChI is InChI=1S/C14H25N5O2/c1-11-17-12(14(20)16-6-5-9-21-4)10-13(18-11)15-7-8-19(2)3/h10H,5-9H2,1-4H3,(H,16,20)(H,15,17,18). The molecule has 0 aromatic carbocycles. The predicted molar refractivity (Wildman–Crippen MR) is 82.6 cm³/mol. The van der Waals surface area contributed by atoms with Crippen molar-refractivity contribution in [2.45, 2.75) is 13.3 Å². The minimum atomic E-state index is -0.188. The van der Waals surface area contributed by atoms with Crippen molar-refractivity contribution in [2.75, 3.05) is 52.8 Å². The zero-order valence-corrected chi connectivity index (χ0v) is 13.3. The van der Waals surface area contributed by atoms with Crippen LogP contribution in [0.15, 0.2) is 6.07 Å². The number of aryl methyl sites for hydroxylation is 1. The van der Waals surface area contributed by atoms with E-state index in [0.29, 0.717) is 30.5 Å². The fourth-order valence-electron chi connectivity index (χ4n) is 1.69. The van der Waals surface area contributed by atoms with Crippen LogP contribution in [0.3, 0.4) is 0 Å². The third-order valence-corrected chi connectivity index (χ3v) is 2.75. The van der Waals surface area contributed by atoms with Gasteiger partial charge in [0.15, 0.2) is 0 Å². The number of carbonyl (C=O) groups is 1. The maximum atomic E-state index is 12.0. The van der Waals surface area contributed by atoms with E-state index in [1.54, 1.807) is 20.1 Å². The van der Waals surface area contributed by atoms with Crippen molar-refractivity contribution < 1.29 is 9.53 Å². The Hall–Kier alpha value is -1.73. The molecule has 0 unspecified atom stereocenters. The topological polar surface area (TPSA) is 79.4 Å². The Bertz CT molecular complexity index is 451. The second kappa shape index (κ2) is 9.25. The number of anilines is 1. The summed E-state index contributed by atoms with van der Waals surface area (Å²) in [5.74, 6) is 1.06. The van der Waals surface area contributed by atoms with E-state index >= 15 is 0 Å². The molecule has 0 aliphatic heterocycles. The first-order chi connectivity index (χ1) is 10.0. The number of ether oxygens (including phenoxy) is 1. The van der Waals surface area contributed by atoms with Crippen LogP contribution < -0.4 is 10.6 Å². The molecular formula is C14H25N5O2. The number of nitrogens with zero attached hydrogens (tertiary/aromatic N) is 3. The smallest absolute Gasteiger partial charge is 0.270 e. The average molecular weight is 295 g/mol. The molecule has 0 radical (unpaired) electrons. The first-order valence-electron chi connectivity index (χ1n) is 7.04. The highest BCUT2D eigenvalue weighted by Crippen LogP contribution is 2.06. The van der Waals surface area contributed by atoms with Gasteiger partial charge in [0.05, 0.1) is 0 Å². The van der Waals surface area contributed by atoms with Gasteiger partial charge in [-0.3, -0.25) is 4.79 Å². The molecule has 21 heavy (non-hydrogen) atoms. The van der Waals surface area contributed by atoms with E-state index in [9.17, 15) is 4.79 Å². The maximum Gasteiger partial charge on any atom is 0.270 e. The molecule has 1 heterocycles. The van der Waals surface area contributed by atoms with Gasteiger partial charge in [0, 0.05) is 39.4 Å². The Morgan fingerprint density at radius 2 is 2.10 bits per heavy atom. The van der Waals surface area contributed by atoms with Gasteiger partial charge in [-0.15, -0.1) is 0 Å². The van der Waals surface area contributed by atoms with E-state index in [4.69, 9.17) is 4.74 Å². The summed E-state index contributed by atoms with van der Waals surface area (Å²) in [6, 6.07) is 1.67. The molecule has 2 N–H and O–H groups in total. The molecule has 0 saturated carbocycles. The minimum Gasteiger partial charge on any atom is -0.385 e. The van der Waals surface area contributed by atoms with E-state index in [1.165, 1.54) is 0 Å². The number of hydrogen-bond acceptors (Lipinski definition) is 6. The van der Waals surface area contributed by atoms with Gasteiger partial charge in [0.25, 0.3) is 5.91 Å². The van der Waals surface area contributed by atoms with Gasteiger partial charge in [0.1, 0.15) is 17.3 Å². The van der Waals surface area contributed by atoms with Crippen LogP contribution in [0.2, 0.25) is 0 Å². The Morgan fingerprint density at radius 3 is 2.76 bits per heavy atom. The summed E-state index contributed by atoms with van der Waals surface area (Å²) >= 11 is 0. The lowest BCUT2D eigenvalue weighted by atomic mass is 10.3. The molecule has 1 aromatic heterocycles. The lowest BCUT2D eigenvalue weighted by Gasteiger charge is -2.12. The van der Waals surface area contributed by atoms with E-state index in [-0.39, 0.29) is 5.91 Å². The molecular weight excluding hydrogens is 270 g/mol. The van der Waals surface area contributed by atoms with Gasteiger partial charge < -0.3 is 20.3 Å². The van der Waals surface area contributed by atoms with E-state index in [0.717, 1.165) is 19.5 Å². The normalized spacial score (nSPS) is 10.7. The molecule has 0 aliphatic rings. The zero-order valence-electron chi connectivity index (χ0n) is 13.3. The highest BCUT2D eigenvalue weighted by atomic mass is 16.5. The van der Waals surface area contributed by atoms with Gasteiger partial charge in [-0.1, -0.05) is 0 Å². The van der Waals surface area contributed by atoms with Crippen LogP contribution in [0.1, 0.15) is 22.7 Å². The molecule has 0 spiro atoms. The summed E-state index contributed by atoms with van der Waals surface area (Å²) in [7, 11) is 5.65. The van der Waals surface area contributed by atoms with Crippen LogP contribution in [0.5, 0.6) is 0 Å². The van der Waals surface area contributed by atoms with Crippen molar-refractivity contribution >= 4 is 11.7 Å². The van der Waals surface area contributed by atoms with Crippen molar-refractivity contribution in [3.8, 4) is 0 Å². The summed E-state index contributed by atoms with van der Waals surface area (Å²) in [4.78, 5) is 22.5. The number of hydrogen-bond donors (Lipinski definition) is 2. The van der Waals surface area contributed by atoms with Gasteiger partial charge in [-0.05, 0) is 27.4 Å². The lowest BCUT2D eigenvalue weighted by molar-refractivity contribution is 0.0943. The van der Waals surface area contributed by atoms with Crippen molar-refractivity contribution in [1.82, 2.24) is 20.2 Å². The SMILES string of the molecule is COCCCNC(=O)c1cc(NCCN(C)C)nc(C)n1.